The Balaban J connectivity index is 2.20. The fourth-order valence-electron chi connectivity index (χ4n) is 1.02. The van der Waals surface area contributed by atoms with Crippen LogP contribution in [-0.2, 0) is 0 Å². The molecule has 0 aromatic rings. The van der Waals surface area contributed by atoms with Crippen molar-refractivity contribution in [1.29, 1.82) is 0 Å². The van der Waals surface area contributed by atoms with Gasteiger partial charge >= 0.3 is 0 Å². The minimum Gasteiger partial charge on any atom is -0.308 e. The van der Waals surface area contributed by atoms with Crippen LogP contribution < -0.4 is 5.32 Å². The van der Waals surface area contributed by atoms with Gasteiger partial charge in [-0.2, -0.15) is 0 Å². The zero-order valence-electron chi connectivity index (χ0n) is 5.23. The van der Waals surface area contributed by atoms with Crippen molar-refractivity contribution in [3.05, 3.63) is 0 Å². The molecule has 1 aliphatic rings. The van der Waals surface area contributed by atoms with Crippen LogP contribution in [0.3, 0.4) is 0 Å². The fraction of sp³-hybridized carbons (Fsp3) is 1.00. The van der Waals surface area contributed by atoms with E-state index in [0.717, 1.165) is 18.0 Å². The molecule has 0 unspecified atom stereocenters. The van der Waals surface area contributed by atoms with E-state index in [1.807, 2.05) is 0 Å². The molecule has 1 N–H and O–H groups in total. The summed E-state index contributed by atoms with van der Waals surface area (Å²) in [6.45, 7) is 6.73. The van der Waals surface area contributed by atoms with Crippen LogP contribution in [0.5, 0.6) is 0 Å². The molecule has 1 aliphatic heterocycles. The first kappa shape index (κ1) is 5.10. The largest absolute Gasteiger partial charge is 0.308 e. The van der Waals surface area contributed by atoms with Crippen LogP contribution in [0, 0.1) is 5.92 Å². The van der Waals surface area contributed by atoms with Gasteiger partial charge in [0.25, 0.3) is 0 Å². The number of nitrogens with one attached hydrogen (secondary N) is 1. The van der Waals surface area contributed by atoms with E-state index in [1.54, 1.807) is 0 Å². The lowest BCUT2D eigenvalue weighted by atomic mass is 10.1. The molecular formula is C6H13N. The second-order valence-corrected chi connectivity index (χ2v) is 2.73. The predicted octanol–water partition coefficient (Wildman–Crippen LogP) is 1.00. The smallest absolute Gasteiger partial charge is 0.0244 e. The third kappa shape index (κ3) is 0.942. The standard InChI is InChI=1S/C6H13N/c1-4(2)6-5(3)7-6/h4-7H,1-3H3/t5-,6+/m0/s1. The molecule has 7 heavy (non-hydrogen) atoms. The third-order valence-corrected chi connectivity index (χ3v) is 1.60. The topological polar surface area (TPSA) is 21.9 Å². The van der Waals surface area contributed by atoms with Gasteiger partial charge in [0.15, 0.2) is 0 Å². The molecule has 0 saturated carbocycles. The van der Waals surface area contributed by atoms with E-state index < -0.39 is 0 Å². The average molecular weight is 99.2 g/mol. The number of rotatable bonds is 1. The molecule has 1 heterocycles. The van der Waals surface area contributed by atoms with Crippen LogP contribution in [0.2, 0.25) is 0 Å². The second kappa shape index (κ2) is 1.48. The van der Waals surface area contributed by atoms with Gasteiger partial charge in [0.05, 0.1) is 0 Å². The lowest BCUT2D eigenvalue weighted by Gasteiger charge is -1.94. The summed E-state index contributed by atoms with van der Waals surface area (Å²) in [5, 5.41) is 3.33. The molecule has 1 nitrogen and oxygen atoms in total. The monoisotopic (exact) mass is 99.1 g/mol. The van der Waals surface area contributed by atoms with E-state index >= 15 is 0 Å². The second-order valence-electron chi connectivity index (χ2n) is 2.73. The fourth-order valence-corrected chi connectivity index (χ4v) is 1.02. The highest BCUT2D eigenvalue weighted by molar-refractivity contribution is 4.95. The van der Waals surface area contributed by atoms with Crippen LogP contribution in [-0.4, -0.2) is 12.1 Å². The highest BCUT2D eigenvalue weighted by Crippen LogP contribution is 2.17. The molecule has 0 amide bonds. The van der Waals surface area contributed by atoms with Gasteiger partial charge in [0.2, 0.25) is 0 Å². The Morgan fingerprint density at radius 1 is 1.43 bits per heavy atom. The van der Waals surface area contributed by atoms with Crippen molar-refractivity contribution < 1.29 is 0 Å². The van der Waals surface area contributed by atoms with E-state index in [1.165, 1.54) is 0 Å². The van der Waals surface area contributed by atoms with E-state index in [2.05, 4.69) is 26.1 Å². The molecule has 0 aliphatic carbocycles. The number of hydrogen-bond donors (Lipinski definition) is 1. The summed E-state index contributed by atoms with van der Waals surface area (Å²) in [4.78, 5) is 0. The van der Waals surface area contributed by atoms with E-state index in [-0.39, 0.29) is 0 Å². The molecule has 1 saturated heterocycles. The first-order chi connectivity index (χ1) is 3.22. The summed E-state index contributed by atoms with van der Waals surface area (Å²) in [5.74, 6) is 0.829. The Morgan fingerprint density at radius 3 is 1.86 bits per heavy atom. The average Bonchev–Trinajstić information content (AvgIpc) is 2.17. The number of hydrogen-bond acceptors (Lipinski definition) is 1. The Kier molecular flexibility index (Phi) is 1.08. The van der Waals surface area contributed by atoms with Crippen molar-refractivity contribution in [1.82, 2.24) is 5.32 Å². The first-order valence-electron chi connectivity index (χ1n) is 2.98. The van der Waals surface area contributed by atoms with Crippen molar-refractivity contribution in [2.24, 2.45) is 5.92 Å². The maximum absolute atomic E-state index is 3.33. The molecule has 0 aromatic carbocycles. The summed E-state index contributed by atoms with van der Waals surface area (Å²) in [7, 11) is 0. The molecule has 0 bridgehead atoms. The minimum atomic E-state index is 0.792. The Bertz CT molecular complexity index is 68.6. The highest BCUT2D eigenvalue weighted by atomic mass is 15.1. The van der Waals surface area contributed by atoms with E-state index in [0.29, 0.717) is 0 Å². The van der Waals surface area contributed by atoms with Gasteiger partial charge in [0, 0.05) is 12.1 Å². The van der Waals surface area contributed by atoms with Gasteiger partial charge in [0.1, 0.15) is 0 Å². The van der Waals surface area contributed by atoms with Crippen molar-refractivity contribution in [2.45, 2.75) is 32.9 Å². The Morgan fingerprint density at radius 2 is 1.86 bits per heavy atom. The maximum Gasteiger partial charge on any atom is 0.0244 e. The van der Waals surface area contributed by atoms with Crippen molar-refractivity contribution in [2.75, 3.05) is 0 Å². The summed E-state index contributed by atoms with van der Waals surface area (Å²) >= 11 is 0. The third-order valence-electron chi connectivity index (χ3n) is 1.60. The summed E-state index contributed by atoms with van der Waals surface area (Å²) in [5.41, 5.74) is 0. The molecule has 42 valence electrons. The SMILES string of the molecule is CC(C)[C@H]1N[C@H]1C. The van der Waals surface area contributed by atoms with Crippen LogP contribution >= 0.6 is 0 Å². The van der Waals surface area contributed by atoms with Crippen LogP contribution in [0.15, 0.2) is 0 Å². The van der Waals surface area contributed by atoms with Gasteiger partial charge in [-0.3, -0.25) is 0 Å². The molecular weight excluding hydrogens is 86.1 g/mol. The Labute approximate surface area is 45.1 Å². The highest BCUT2D eigenvalue weighted by Gasteiger charge is 2.33. The quantitative estimate of drug-likeness (QED) is 0.487. The molecule has 1 rings (SSSR count). The molecule has 1 heteroatoms. The summed E-state index contributed by atoms with van der Waals surface area (Å²) in [6.07, 6.45) is 0. The van der Waals surface area contributed by atoms with Crippen molar-refractivity contribution >= 4 is 0 Å². The summed E-state index contributed by atoms with van der Waals surface area (Å²) < 4.78 is 0. The van der Waals surface area contributed by atoms with Gasteiger partial charge < -0.3 is 5.32 Å². The molecule has 0 aromatic heterocycles. The predicted molar refractivity (Wildman–Crippen MR) is 31.2 cm³/mol. The van der Waals surface area contributed by atoms with Crippen molar-refractivity contribution in [3.63, 3.8) is 0 Å². The van der Waals surface area contributed by atoms with E-state index in [4.69, 9.17) is 0 Å². The van der Waals surface area contributed by atoms with Crippen LogP contribution in [0.4, 0.5) is 0 Å². The lowest BCUT2D eigenvalue weighted by molar-refractivity contribution is 0.621. The molecule has 1 fully saturated rings. The molecule has 2 atom stereocenters. The Hall–Kier alpha value is -0.0400. The zero-order valence-corrected chi connectivity index (χ0v) is 5.23. The molecule has 0 radical (unpaired) electrons. The van der Waals surface area contributed by atoms with Crippen molar-refractivity contribution in [3.8, 4) is 0 Å². The lowest BCUT2D eigenvalue weighted by Crippen LogP contribution is -2.00. The zero-order chi connectivity index (χ0) is 5.44. The van der Waals surface area contributed by atoms with Gasteiger partial charge in [-0.25, -0.2) is 0 Å². The van der Waals surface area contributed by atoms with Crippen LogP contribution in [0.25, 0.3) is 0 Å². The van der Waals surface area contributed by atoms with Gasteiger partial charge in [-0.1, -0.05) is 13.8 Å². The minimum absolute atomic E-state index is 0.792. The summed E-state index contributed by atoms with van der Waals surface area (Å²) in [6, 6.07) is 1.61. The normalized spacial score (nSPS) is 39.4. The van der Waals surface area contributed by atoms with Crippen LogP contribution in [0.1, 0.15) is 20.8 Å². The van der Waals surface area contributed by atoms with E-state index in [9.17, 15) is 0 Å². The maximum atomic E-state index is 3.33. The molecule has 0 spiro atoms. The van der Waals surface area contributed by atoms with Gasteiger partial charge in [-0.15, -0.1) is 0 Å². The first-order valence-corrected chi connectivity index (χ1v) is 2.98. The van der Waals surface area contributed by atoms with Gasteiger partial charge in [-0.05, 0) is 12.8 Å².